The standard InChI is InChI=1S/C12H17N3O2S2/c1-2-10-19(16,17)14-7-9-18-12-5-3-4-11-13-6-8-15(11)12/h3-6,8,14H,2,7,9-10H2,1H3. The molecule has 2 aromatic rings. The summed E-state index contributed by atoms with van der Waals surface area (Å²) < 4.78 is 27.5. The minimum atomic E-state index is -3.10. The molecule has 0 bridgehead atoms. The highest BCUT2D eigenvalue weighted by Crippen LogP contribution is 2.18. The molecule has 0 atom stereocenters. The van der Waals surface area contributed by atoms with Gasteiger partial charge in [-0.3, -0.25) is 4.40 Å². The lowest BCUT2D eigenvalue weighted by molar-refractivity contribution is 0.583. The van der Waals surface area contributed by atoms with Crippen LogP contribution in [0.15, 0.2) is 35.6 Å². The van der Waals surface area contributed by atoms with Gasteiger partial charge in [0.1, 0.15) is 5.65 Å². The summed E-state index contributed by atoms with van der Waals surface area (Å²) in [4.78, 5) is 4.21. The van der Waals surface area contributed by atoms with Crippen molar-refractivity contribution in [1.82, 2.24) is 14.1 Å². The van der Waals surface area contributed by atoms with Crippen LogP contribution in [-0.4, -0.2) is 35.9 Å². The van der Waals surface area contributed by atoms with Gasteiger partial charge >= 0.3 is 0 Å². The molecule has 1 N–H and O–H groups in total. The topological polar surface area (TPSA) is 63.5 Å². The number of fused-ring (bicyclic) bond motifs is 1. The van der Waals surface area contributed by atoms with E-state index in [0.29, 0.717) is 18.7 Å². The Morgan fingerprint density at radius 2 is 2.26 bits per heavy atom. The molecule has 0 spiro atoms. The second kappa shape index (κ2) is 6.40. The fourth-order valence-corrected chi connectivity index (χ4v) is 3.84. The largest absolute Gasteiger partial charge is 0.294 e. The van der Waals surface area contributed by atoms with Gasteiger partial charge in [0.25, 0.3) is 0 Å². The number of nitrogens with zero attached hydrogens (tertiary/aromatic N) is 2. The van der Waals surface area contributed by atoms with Crippen molar-refractivity contribution >= 4 is 27.4 Å². The van der Waals surface area contributed by atoms with Gasteiger partial charge < -0.3 is 0 Å². The summed E-state index contributed by atoms with van der Waals surface area (Å²) in [6, 6.07) is 5.89. The molecule has 7 heteroatoms. The molecule has 0 aromatic carbocycles. The number of nitrogens with one attached hydrogen (secondary N) is 1. The van der Waals surface area contributed by atoms with Crippen LogP contribution in [0.25, 0.3) is 5.65 Å². The van der Waals surface area contributed by atoms with Gasteiger partial charge in [-0.05, 0) is 18.6 Å². The highest BCUT2D eigenvalue weighted by molar-refractivity contribution is 7.99. The molecule has 0 saturated carbocycles. The van der Waals surface area contributed by atoms with Crippen molar-refractivity contribution in [3.8, 4) is 0 Å². The SMILES string of the molecule is CCCS(=O)(=O)NCCSc1cccc2nccn12. The van der Waals surface area contributed by atoms with Crippen molar-refractivity contribution in [3.05, 3.63) is 30.6 Å². The molecule has 0 aliphatic rings. The van der Waals surface area contributed by atoms with Gasteiger partial charge in [0, 0.05) is 24.7 Å². The first-order valence-electron chi connectivity index (χ1n) is 6.14. The van der Waals surface area contributed by atoms with Crippen LogP contribution in [0.4, 0.5) is 0 Å². The number of sulfonamides is 1. The highest BCUT2D eigenvalue weighted by atomic mass is 32.2. The lowest BCUT2D eigenvalue weighted by atomic mass is 10.5. The van der Waals surface area contributed by atoms with E-state index in [1.54, 1.807) is 18.0 Å². The van der Waals surface area contributed by atoms with Gasteiger partial charge in [-0.1, -0.05) is 13.0 Å². The highest BCUT2D eigenvalue weighted by Gasteiger charge is 2.07. The Morgan fingerprint density at radius 3 is 3.05 bits per heavy atom. The third kappa shape index (κ3) is 3.95. The number of rotatable bonds is 7. The second-order valence-electron chi connectivity index (χ2n) is 4.08. The molecule has 0 aliphatic heterocycles. The summed E-state index contributed by atoms with van der Waals surface area (Å²) in [5, 5.41) is 1.06. The van der Waals surface area contributed by atoms with Crippen LogP contribution in [0, 0.1) is 0 Å². The molecule has 19 heavy (non-hydrogen) atoms. The molecule has 2 rings (SSSR count). The Hall–Kier alpha value is -1.05. The zero-order valence-electron chi connectivity index (χ0n) is 10.7. The van der Waals surface area contributed by atoms with Crippen LogP contribution in [0.1, 0.15) is 13.3 Å². The van der Waals surface area contributed by atoms with Crippen LogP contribution in [0.3, 0.4) is 0 Å². The second-order valence-corrected chi connectivity index (χ2v) is 7.12. The fraction of sp³-hybridized carbons (Fsp3) is 0.417. The van der Waals surface area contributed by atoms with Crippen LogP contribution in [0.5, 0.6) is 0 Å². The van der Waals surface area contributed by atoms with Crippen molar-refractivity contribution in [1.29, 1.82) is 0 Å². The van der Waals surface area contributed by atoms with Crippen molar-refractivity contribution in [2.24, 2.45) is 0 Å². The van der Waals surface area contributed by atoms with Crippen LogP contribution < -0.4 is 4.72 Å². The van der Waals surface area contributed by atoms with E-state index in [4.69, 9.17) is 0 Å². The molecule has 0 saturated heterocycles. The molecule has 0 amide bonds. The van der Waals surface area contributed by atoms with E-state index in [1.165, 1.54) is 0 Å². The minimum Gasteiger partial charge on any atom is -0.294 e. The van der Waals surface area contributed by atoms with E-state index in [2.05, 4.69) is 9.71 Å². The van der Waals surface area contributed by atoms with Gasteiger partial charge in [0.2, 0.25) is 10.0 Å². The summed E-state index contributed by atoms with van der Waals surface area (Å²) in [7, 11) is -3.10. The molecule has 0 fully saturated rings. The van der Waals surface area contributed by atoms with Gasteiger partial charge in [0.05, 0.1) is 10.8 Å². The number of hydrogen-bond donors (Lipinski definition) is 1. The van der Waals surface area contributed by atoms with Gasteiger partial charge in [-0.2, -0.15) is 0 Å². The van der Waals surface area contributed by atoms with Crippen molar-refractivity contribution < 1.29 is 8.42 Å². The van der Waals surface area contributed by atoms with Gasteiger partial charge in [0.15, 0.2) is 0 Å². The molecule has 2 heterocycles. The summed E-state index contributed by atoms with van der Waals surface area (Å²) >= 11 is 1.61. The maximum absolute atomic E-state index is 11.5. The first-order chi connectivity index (χ1) is 9.12. The van der Waals surface area contributed by atoms with E-state index < -0.39 is 10.0 Å². The van der Waals surface area contributed by atoms with E-state index in [1.807, 2.05) is 35.7 Å². The fourth-order valence-electron chi connectivity index (χ4n) is 1.73. The van der Waals surface area contributed by atoms with Crippen LogP contribution >= 0.6 is 11.8 Å². The zero-order valence-corrected chi connectivity index (χ0v) is 12.4. The van der Waals surface area contributed by atoms with Crippen LogP contribution in [0.2, 0.25) is 0 Å². The van der Waals surface area contributed by atoms with Crippen LogP contribution in [-0.2, 0) is 10.0 Å². The monoisotopic (exact) mass is 299 g/mol. The summed E-state index contributed by atoms with van der Waals surface area (Å²) in [5.41, 5.74) is 0.900. The average Bonchev–Trinajstić information content (AvgIpc) is 2.83. The summed E-state index contributed by atoms with van der Waals surface area (Å²) in [6.07, 6.45) is 4.29. The number of hydrogen-bond acceptors (Lipinski definition) is 4. The maximum atomic E-state index is 11.5. The smallest absolute Gasteiger partial charge is 0.211 e. The normalized spacial score (nSPS) is 12.1. The third-order valence-corrected chi connectivity index (χ3v) is 5.16. The molecule has 0 radical (unpaired) electrons. The van der Waals surface area contributed by atoms with Crippen molar-refractivity contribution in [2.45, 2.75) is 18.4 Å². The lowest BCUT2D eigenvalue weighted by Crippen LogP contribution is -2.28. The molecule has 0 unspecified atom stereocenters. The number of imidazole rings is 1. The van der Waals surface area contributed by atoms with Crippen molar-refractivity contribution in [3.63, 3.8) is 0 Å². The van der Waals surface area contributed by atoms with E-state index in [0.717, 1.165) is 10.7 Å². The maximum Gasteiger partial charge on any atom is 0.211 e. The molecular formula is C12H17N3O2S2. The predicted molar refractivity (Wildman–Crippen MR) is 78.0 cm³/mol. The Labute approximate surface area is 117 Å². The Morgan fingerprint density at radius 1 is 1.42 bits per heavy atom. The third-order valence-electron chi connectivity index (χ3n) is 2.54. The van der Waals surface area contributed by atoms with Crippen molar-refractivity contribution in [2.75, 3.05) is 18.1 Å². The number of aromatic nitrogens is 2. The van der Waals surface area contributed by atoms with E-state index in [9.17, 15) is 8.42 Å². The first kappa shape index (κ1) is 14.4. The molecule has 0 aliphatic carbocycles. The summed E-state index contributed by atoms with van der Waals surface area (Å²) in [6.45, 7) is 2.30. The first-order valence-corrected chi connectivity index (χ1v) is 8.78. The zero-order chi connectivity index (χ0) is 13.7. The predicted octanol–water partition coefficient (Wildman–Crippen LogP) is 1.76. The summed E-state index contributed by atoms with van der Waals surface area (Å²) in [5.74, 6) is 0.884. The molecular weight excluding hydrogens is 282 g/mol. The Bertz CT molecular complexity index is 637. The van der Waals surface area contributed by atoms with E-state index >= 15 is 0 Å². The van der Waals surface area contributed by atoms with Gasteiger partial charge in [-0.25, -0.2) is 18.1 Å². The molecule has 5 nitrogen and oxygen atoms in total. The number of thioether (sulfide) groups is 1. The average molecular weight is 299 g/mol. The molecule has 104 valence electrons. The molecule has 2 aromatic heterocycles. The lowest BCUT2D eigenvalue weighted by Gasteiger charge is -2.06. The Balaban J connectivity index is 1.88. The van der Waals surface area contributed by atoms with E-state index in [-0.39, 0.29) is 5.75 Å². The number of pyridine rings is 1. The minimum absolute atomic E-state index is 0.189. The quantitative estimate of drug-likeness (QED) is 0.625. The Kier molecular flexibility index (Phi) is 4.84. The van der Waals surface area contributed by atoms with Gasteiger partial charge in [-0.15, -0.1) is 11.8 Å².